The maximum atomic E-state index is 12.0. The highest BCUT2D eigenvalue weighted by molar-refractivity contribution is 7.98. The van der Waals surface area contributed by atoms with Crippen molar-refractivity contribution in [1.82, 2.24) is 24.8 Å². The first kappa shape index (κ1) is 28.4. The van der Waals surface area contributed by atoms with Crippen LogP contribution in [0.4, 0.5) is 11.8 Å². The number of ether oxygens (including phenoxy) is 1. The molecule has 2 aromatic rings. The van der Waals surface area contributed by atoms with Crippen LogP contribution in [0.1, 0.15) is 38.3 Å². The maximum absolute atomic E-state index is 12.0. The smallest absolute Gasteiger partial charge is 0.226 e. The average Bonchev–Trinajstić information content (AvgIpc) is 3.35. The molecular weight excluding hydrogens is 510 g/mol. The third kappa shape index (κ3) is 7.65. The summed E-state index contributed by atoms with van der Waals surface area (Å²) in [5.74, 6) is 1.00. The molecule has 2 aromatic heterocycles. The third-order valence-corrected chi connectivity index (χ3v) is 7.48. The molecule has 4 atom stereocenters. The number of carbonyl (C=O) groups excluding carboxylic acids is 1. The monoisotopic (exact) mass is 545 g/mol. The maximum Gasteiger partial charge on any atom is 0.226 e. The number of nitrogens with one attached hydrogen (secondary N) is 2. The third-order valence-electron chi connectivity index (χ3n) is 5.79. The quantitative estimate of drug-likeness (QED) is 0.198. The molecule has 3 rings (SSSR count). The van der Waals surface area contributed by atoms with Crippen molar-refractivity contribution in [2.45, 2.75) is 56.6 Å². The van der Waals surface area contributed by atoms with Crippen LogP contribution in [-0.4, -0.2) is 99.5 Å². The Morgan fingerprint density at radius 3 is 2.67 bits per heavy atom. The van der Waals surface area contributed by atoms with Gasteiger partial charge in [0.2, 0.25) is 11.9 Å². The summed E-state index contributed by atoms with van der Waals surface area (Å²) in [4.78, 5) is 24.9. The number of nitrogen functional groups attached to an aromatic ring is 1. The van der Waals surface area contributed by atoms with Crippen LogP contribution in [-0.2, 0) is 19.4 Å². The van der Waals surface area contributed by atoms with E-state index in [-0.39, 0.29) is 23.4 Å². The minimum Gasteiger partial charge on any atom is -0.387 e. The van der Waals surface area contributed by atoms with E-state index < -0.39 is 34.4 Å². The van der Waals surface area contributed by atoms with Crippen LogP contribution in [0.25, 0.3) is 11.2 Å². The normalized spacial score (nSPS) is 22.2. The zero-order valence-corrected chi connectivity index (χ0v) is 22.1. The molecule has 1 amide bonds. The van der Waals surface area contributed by atoms with Crippen molar-refractivity contribution >= 4 is 50.4 Å². The number of amides is 1. The number of sulfone groups is 1. The standard InChI is InChI=1S/C21H35N7O6S2/c1-35-11-13-16(30)17(31)20(34-13)28-12-25-15-18(22)26-21(27-19(15)28)24-9-8-23-14(29)7-5-3-4-6-10-36(2,32)33/h12-13,16-17,20,30-31H,3-11H2,1-2H3,(H,23,29)(H3,22,24,26,27)/t13-,16-,17-,20-/m1/s1. The number of aromatic nitrogens is 4. The number of rotatable bonds is 14. The van der Waals surface area contributed by atoms with Crippen molar-refractivity contribution in [2.75, 3.05) is 48.2 Å². The molecule has 1 saturated heterocycles. The Morgan fingerprint density at radius 1 is 1.19 bits per heavy atom. The summed E-state index contributed by atoms with van der Waals surface area (Å²) in [6.45, 7) is 0.705. The molecule has 0 aliphatic carbocycles. The zero-order valence-electron chi connectivity index (χ0n) is 20.5. The molecule has 0 saturated carbocycles. The Labute approximate surface area is 214 Å². The number of imidazole rings is 1. The predicted octanol–water partition coefficient (Wildman–Crippen LogP) is -0.0861. The van der Waals surface area contributed by atoms with Crippen LogP contribution in [0.2, 0.25) is 0 Å². The number of thioether (sulfide) groups is 1. The first-order valence-corrected chi connectivity index (χ1v) is 15.2. The first-order valence-electron chi connectivity index (χ1n) is 11.8. The number of nitrogens with zero attached hydrogens (tertiary/aromatic N) is 4. The lowest BCUT2D eigenvalue weighted by Crippen LogP contribution is -2.32. The fourth-order valence-electron chi connectivity index (χ4n) is 3.93. The number of fused-ring (bicyclic) bond motifs is 1. The van der Waals surface area contributed by atoms with E-state index in [1.54, 1.807) is 0 Å². The van der Waals surface area contributed by atoms with Crippen molar-refractivity contribution in [2.24, 2.45) is 0 Å². The minimum absolute atomic E-state index is 0.0837. The van der Waals surface area contributed by atoms with Gasteiger partial charge in [0.15, 0.2) is 17.7 Å². The van der Waals surface area contributed by atoms with Gasteiger partial charge in [-0.3, -0.25) is 9.36 Å². The first-order chi connectivity index (χ1) is 17.1. The van der Waals surface area contributed by atoms with Gasteiger partial charge in [0.25, 0.3) is 0 Å². The molecule has 0 bridgehead atoms. The Bertz CT molecular complexity index is 1130. The highest BCUT2D eigenvalue weighted by Crippen LogP contribution is 2.33. The van der Waals surface area contributed by atoms with Crippen molar-refractivity contribution in [3.05, 3.63) is 6.33 Å². The summed E-state index contributed by atoms with van der Waals surface area (Å²) >= 11 is 1.51. The summed E-state index contributed by atoms with van der Waals surface area (Å²) in [6.07, 6.45) is 4.26. The van der Waals surface area contributed by atoms with Crippen molar-refractivity contribution < 1.29 is 28.2 Å². The summed E-state index contributed by atoms with van der Waals surface area (Å²) in [7, 11) is -2.93. The molecule has 0 unspecified atom stereocenters. The van der Waals surface area contributed by atoms with E-state index in [0.29, 0.717) is 49.3 Å². The Balaban J connectivity index is 1.48. The van der Waals surface area contributed by atoms with Gasteiger partial charge in [0, 0.05) is 37.3 Å². The van der Waals surface area contributed by atoms with Gasteiger partial charge < -0.3 is 31.3 Å². The number of nitrogens with two attached hydrogens (primary N) is 1. The van der Waals surface area contributed by atoms with Crippen LogP contribution in [0.15, 0.2) is 6.33 Å². The van der Waals surface area contributed by atoms with Crippen molar-refractivity contribution in [1.29, 1.82) is 0 Å². The lowest BCUT2D eigenvalue weighted by molar-refractivity contribution is -0.121. The van der Waals surface area contributed by atoms with Gasteiger partial charge in [-0.2, -0.15) is 21.7 Å². The Kier molecular flexibility index (Phi) is 10.1. The van der Waals surface area contributed by atoms with Gasteiger partial charge in [-0.15, -0.1) is 0 Å². The lowest BCUT2D eigenvalue weighted by atomic mass is 10.1. The molecule has 1 fully saturated rings. The molecule has 1 aliphatic heterocycles. The molecule has 6 N–H and O–H groups in total. The van der Waals surface area contributed by atoms with Crippen LogP contribution in [0, 0.1) is 0 Å². The topological polar surface area (TPSA) is 195 Å². The molecular formula is C21H35N7O6S2. The van der Waals surface area contributed by atoms with E-state index in [2.05, 4.69) is 25.6 Å². The Morgan fingerprint density at radius 2 is 1.94 bits per heavy atom. The fraction of sp³-hybridized carbons (Fsp3) is 0.714. The fourth-order valence-corrected chi connectivity index (χ4v) is 5.27. The van der Waals surface area contributed by atoms with Gasteiger partial charge in [0.1, 0.15) is 27.6 Å². The van der Waals surface area contributed by atoms with Crippen LogP contribution in [0.5, 0.6) is 0 Å². The van der Waals surface area contributed by atoms with E-state index >= 15 is 0 Å². The molecule has 3 heterocycles. The molecule has 0 spiro atoms. The number of hydrogen-bond acceptors (Lipinski definition) is 12. The second kappa shape index (κ2) is 12.9. The van der Waals surface area contributed by atoms with Crippen LogP contribution < -0.4 is 16.4 Å². The average molecular weight is 546 g/mol. The van der Waals surface area contributed by atoms with Crippen LogP contribution >= 0.6 is 11.8 Å². The van der Waals surface area contributed by atoms with Gasteiger partial charge in [-0.1, -0.05) is 12.8 Å². The van der Waals surface area contributed by atoms with E-state index in [1.165, 1.54) is 28.9 Å². The molecule has 36 heavy (non-hydrogen) atoms. The number of aliphatic hydroxyl groups is 2. The highest BCUT2D eigenvalue weighted by atomic mass is 32.2. The second-order valence-corrected chi connectivity index (χ2v) is 12.0. The number of hydrogen-bond donors (Lipinski definition) is 5. The van der Waals surface area contributed by atoms with E-state index in [9.17, 15) is 23.4 Å². The molecule has 1 aliphatic rings. The van der Waals surface area contributed by atoms with Gasteiger partial charge >= 0.3 is 0 Å². The van der Waals surface area contributed by atoms with Gasteiger partial charge in [-0.05, 0) is 19.1 Å². The minimum atomic E-state index is -2.93. The second-order valence-electron chi connectivity index (χ2n) is 8.83. The lowest BCUT2D eigenvalue weighted by Gasteiger charge is -2.17. The molecule has 0 radical (unpaired) electrons. The molecule has 13 nitrogen and oxygen atoms in total. The molecule has 202 valence electrons. The number of unbranched alkanes of at least 4 members (excludes halogenated alkanes) is 3. The van der Waals surface area contributed by atoms with Gasteiger partial charge in [-0.25, -0.2) is 13.4 Å². The largest absolute Gasteiger partial charge is 0.387 e. The zero-order chi connectivity index (χ0) is 26.3. The summed E-state index contributed by atoms with van der Waals surface area (Å²) < 4.78 is 29.6. The van der Waals surface area contributed by atoms with E-state index in [0.717, 1.165) is 12.8 Å². The van der Waals surface area contributed by atoms with Crippen molar-refractivity contribution in [3.63, 3.8) is 0 Å². The van der Waals surface area contributed by atoms with Crippen LogP contribution in [0.3, 0.4) is 0 Å². The van der Waals surface area contributed by atoms with E-state index in [4.69, 9.17) is 10.5 Å². The molecule has 15 heteroatoms. The number of anilines is 2. The van der Waals surface area contributed by atoms with Gasteiger partial charge in [0.05, 0.1) is 12.4 Å². The molecule has 0 aromatic carbocycles. The number of carbonyl (C=O) groups is 1. The highest BCUT2D eigenvalue weighted by Gasteiger charge is 2.44. The van der Waals surface area contributed by atoms with E-state index in [1.807, 2.05) is 6.26 Å². The summed E-state index contributed by atoms with van der Waals surface area (Å²) in [5, 5.41) is 26.6. The predicted molar refractivity (Wildman–Crippen MR) is 138 cm³/mol. The Hall–Kier alpha value is -2.20. The SMILES string of the molecule is CSC[C@H]1O[C@@H](n2cnc3c(N)nc(NCCNC(=O)CCCCCCS(C)(=O)=O)nc32)[C@H](O)[C@@H]1O. The summed E-state index contributed by atoms with van der Waals surface area (Å²) in [6, 6.07) is 0. The number of aliphatic hydroxyl groups excluding tert-OH is 2. The summed E-state index contributed by atoms with van der Waals surface area (Å²) in [5.41, 5.74) is 6.75. The van der Waals surface area contributed by atoms with Crippen molar-refractivity contribution in [3.8, 4) is 0 Å².